The average molecular weight is 547 g/mol. The Hall–Kier alpha value is -2.78. The first kappa shape index (κ1) is 28.2. The third-order valence-corrected chi connectivity index (χ3v) is 8.48. The van der Waals surface area contributed by atoms with Crippen LogP contribution in [0.1, 0.15) is 43.8 Å². The number of pyridine rings is 1. The summed E-state index contributed by atoms with van der Waals surface area (Å²) >= 11 is 1.16. The molecule has 3 aromatic rings. The third-order valence-electron chi connectivity index (χ3n) is 7.31. The zero-order chi connectivity index (χ0) is 27.1. The standard InChI is InChI=1S/C29H33F3N2O3S/c1-37-21-7-9-27-23(17-21)22(10-12-33-27)24(30)8-6-19-11-14-34(18-20(19)16-28(35)36)13-3-15-38-29-25(31)4-2-5-26(29)32/h2,4-5,7,9-10,12,17,19-20,24H,3,6,8,11,13-16,18H2,1H3,(H,35,36)/t19-,20+,24-/m1/s1. The summed E-state index contributed by atoms with van der Waals surface area (Å²) in [4.78, 5) is 18.2. The van der Waals surface area contributed by atoms with E-state index in [0.717, 1.165) is 43.1 Å². The number of halogens is 3. The molecule has 1 aliphatic heterocycles. The number of benzene rings is 2. The second-order valence-electron chi connectivity index (χ2n) is 9.79. The Morgan fingerprint density at radius 1 is 1.21 bits per heavy atom. The number of rotatable bonds is 12. The van der Waals surface area contributed by atoms with Crippen LogP contribution in [0, 0.1) is 23.5 Å². The van der Waals surface area contributed by atoms with E-state index in [1.54, 1.807) is 31.5 Å². The number of carboxylic acid groups (broad SMARTS) is 1. The number of aliphatic carboxylic acids is 1. The minimum Gasteiger partial charge on any atom is -0.497 e. The number of carbonyl (C=O) groups is 1. The monoisotopic (exact) mass is 546 g/mol. The van der Waals surface area contributed by atoms with Gasteiger partial charge in [-0.1, -0.05) is 6.07 Å². The number of fused-ring (bicyclic) bond motifs is 1. The van der Waals surface area contributed by atoms with E-state index in [-0.39, 0.29) is 23.2 Å². The third kappa shape index (κ3) is 7.20. The molecule has 0 bridgehead atoms. The molecule has 38 heavy (non-hydrogen) atoms. The summed E-state index contributed by atoms with van der Waals surface area (Å²) in [6.45, 7) is 2.15. The Kier molecular flexibility index (Phi) is 9.91. The zero-order valence-corrected chi connectivity index (χ0v) is 22.2. The van der Waals surface area contributed by atoms with Crippen molar-refractivity contribution in [3.63, 3.8) is 0 Å². The van der Waals surface area contributed by atoms with Gasteiger partial charge in [-0.25, -0.2) is 13.2 Å². The number of likely N-dealkylation sites (tertiary alicyclic amines) is 1. The van der Waals surface area contributed by atoms with Gasteiger partial charge in [-0.05, 0) is 98.3 Å². The van der Waals surface area contributed by atoms with Crippen LogP contribution in [0.2, 0.25) is 0 Å². The van der Waals surface area contributed by atoms with E-state index >= 15 is 4.39 Å². The Morgan fingerprint density at radius 2 is 2.00 bits per heavy atom. The summed E-state index contributed by atoms with van der Waals surface area (Å²) in [5.74, 6) is -0.702. The van der Waals surface area contributed by atoms with Crippen molar-refractivity contribution in [1.82, 2.24) is 9.88 Å². The van der Waals surface area contributed by atoms with Crippen LogP contribution in [0.25, 0.3) is 10.9 Å². The minimum atomic E-state index is -1.19. The molecule has 5 nitrogen and oxygen atoms in total. The fourth-order valence-electron chi connectivity index (χ4n) is 5.34. The molecule has 0 spiro atoms. The topological polar surface area (TPSA) is 62.7 Å². The first-order valence-electron chi connectivity index (χ1n) is 12.9. The maximum Gasteiger partial charge on any atom is 0.303 e. The van der Waals surface area contributed by atoms with Gasteiger partial charge in [0.1, 0.15) is 23.6 Å². The van der Waals surface area contributed by atoms with Gasteiger partial charge < -0.3 is 14.7 Å². The smallest absolute Gasteiger partial charge is 0.303 e. The molecule has 9 heteroatoms. The Balaban J connectivity index is 1.31. The highest BCUT2D eigenvalue weighted by atomic mass is 32.2. The van der Waals surface area contributed by atoms with E-state index in [4.69, 9.17) is 4.74 Å². The molecule has 1 aliphatic rings. The van der Waals surface area contributed by atoms with Gasteiger partial charge in [0.25, 0.3) is 0 Å². The molecule has 1 fully saturated rings. The molecule has 0 saturated carbocycles. The predicted molar refractivity (Wildman–Crippen MR) is 143 cm³/mol. The van der Waals surface area contributed by atoms with Crippen molar-refractivity contribution in [2.45, 2.75) is 43.2 Å². The van der Waals surface area contributed by atoms with Crippen LogP contribution >= 0.6 is 11.8 Å². The molecular weight excluding hydrogens is 513 g/mol. The van der Waals surface area contributed by atoms with Crippen LogP contribution in [-0.2, 0) is 4.79 Å². The lowest BCUT2D eigenvalue weighted by Gasteiger charge is -2.38. The number of piperidine rings is 1. The minimum absolute atomic E-state index is 0.0381. The van der Waals surface area contributed by atoms with Crippen LogP contribution in [0.5, 0.6) is 5.75 Å². The van der Waals surface area contributed by atoms with Gasteiger partial charge in [-0.15, -0.1) is 11.8 Å². The molecule has 2 heterocycles. The zero-order valence-electron chi connectivity index (χ0n) is 21.4. The number of aromatic nitrogens is 1. The van der Waals surface area contributed by atoms with Crippen molar-refractivity contribution >= 4 is 28.6 Å². The first-order chi connectivity index (χ1) is 18.4. The van der Waals surface area contributed by atoms with E-state index in [9.17, 15) is 18.7 Å². The maximum atomic E-state index is 15.5. The number of hydrogen-bond donors (Lipinski definition) is 1. The highest BCUT2D eigenvalue weighted by Crippen LogP contribution is 2.36. The first-order valence-corrected chi connectivity index (χ1v) is 13.9. The van der Waals surface area contributed by atoms with Crippen molar-refractivity contribution < 1.29 is 27.8 Å². The molecule has 1 saturated heterocycles. The SMILES string of the molecule is COc1ccc2nccc([C@H](F)CC[C@@H]3CCN(CCCSc4c(F)cccc4F)C[C@@H]3CC(=O)O)c2c1. The van der Waals surface area contributed by atoms with Crippen LogP contribution in [-0.4, -0.2) is 53.5 Å². The summed E-state index contributed by atoms with van der Waals surface area (Å²) in [7, 11) is 1.57. The number of alkyl halides is 1. The normalized spacial score (nSPS) is 18.9. The molecule has 0 amide bonds. The maximum absolute atomic E-state index is 15.5. The lowest BCUT2D eigenvalue weighted by molar-refractivity contribution is -0.139. The van der Waals surface area contributed by atoms with E-state index in [1.807, 2.05) is 6.07 Å². The van der Waals surface area contributed by atoms with Crippen molar-refractivity contribution in [1.29, 1.82) is 0 Å². The van der Waals surface area contributed by atoms with Gasteiger partial charge in [0, 0.05) is 24.5 Å². The van der Waals surface area contributed by atoms with Crippen molar-refractivity contribution in [3.05, 3.63) is 65.9 Å². The quantitative estimate of drug-likeness (QED) is 0.197. The molecule has 0 unspecified atom stereocenters. The van der Waals surface area contributed by atoms with Gasteiger partial charge in [-0.2, -0.15) is 0 Å². The van der Waals surface area contributed by atoms with E-state index in [2.05, 4.69) is 9.88 Å². The molecule has 0 aliphatic carbocycles. The fourth-order valence-corrected chi connectivity index (χ4v) is 6.23. The molecule has 0 radical (unpaired) electrons. The molecule has 1 aromatic heterocycles. The Morgan fingerprint density at radius 3 is 2.74 bits per heavy atom. The predicted octanol–water partition coefficient (Wildman–Crippen LogP) is 6.91. The molecule has 2 aromatic carbocycles. The Labute approximate surface area is 225 Å². The highest BCUT2D eigenvalue weighted by Gasteiger charge is 2.31. The van der Waals surface area contributed by atoms with Gasteiger partial charge in [0.05, 0.1) is 17.5 Å². The van der Waals surface area contributed by atoms with E-state index < -0.39 is 23.8 Å². The summed E-state index contributed by atoms with van der Waals surface area (Å²) < 4.78 is 48.4. The van der Waals surface area contributed by atoms with Gasteiger partial charge in [0.15, 0.2) is 0 Å². The Bertz CT molecular complexity index is 1220. The fraction of sp³-hybridized carbons (Fsp3) is 0.448. The van der Waals surface area contributed by atoms with E-state index in [0.29, 0.717) is 42.0 Å². The van der Waals surface area contributed by atoms with Crippen LogP contribution in [0.15, 0.2) is 53.6 Å². The van der Waals surface area contributed by atoms with Crippen LogP contribution in [0.4, 0.5) is 13.2 Å². The summed E-state index contributed by atoms with van der Waals surface area (Å²) in [5.41, 5.74) is 1.28. The summed E-state index contributed by atoms with van der Waals surface area (Å²) in [5, 5.41) is 10.2. The number of methoxy groups -OCH3 is 1. The number of thioether (sulfide) groups is 1. The van der Waals surface area contributed by atoms with Crippen LogP contribution < -0.4 is 4.74 Å². The van der Waals surface area contributed by atoms with Gasteiger partial charge >= 0.3 is 5.97 Å². The highest BCUT2D eigenvalue weighted by molar-refractivity contribution is 7.99. The van der Waals surface area contributed by atoms with Crippen molar-refractivity contribution in [2.75, 3.05) is 32.5 Å². The molecular formula is C29H33F3N2O3S. The summed E-state index contributed by atoms with van der Waals surface area (Å²) in [6.07, 6.45) is 2.90. The van der Waals surface area contributed by atoms with Crippen LogP contribution in [0.3, 0.4) is 0 Å². The van der Waals surface area contributed by atoms with E-state index in [1.165, 1.54) is 18.2 Å². The average Bonchev–Trinajstić information content (AvgIpc) is 2.90. The molecule has 3 atom stereocenters. The van der Waals surface area contributed by atoms with Crippen molar-refractivity contribution in [2.24, 2.45) is 11.8 Å². The lowest BCUT2D eigenvalue weighted by Crippen LogP contribution is -2.42. The van der Waals surface area contributed by atoms with Gasteiger partial charge in [0.2, 0.25) is 0 Å². The number of ether oxygens (including phenoxy) is 1. The molecule has 1 N–H and O–H groups in total. The number of carboxylic acids is 1. The van der Waals surface area contributed by atoms with Gasteiger partial charge in [-0.3, -0.25) is 9.78 Å². The second kappa shape index (κ2) is 13.3. The largest absolute Gasteiger partial charge is 0.497 e. The molecule has 204 valence electrons. The number of nitrogens with zero attached hydrogens (tertiary/aromatic N) is 2. The van der Waals surface area contributed by atoms with Crippen molar-refractivity contribution in [3.8, 4) is 5.75 Å². The molecule has 4 rings (SSSR count). The second-order valence-corrected chi connectivity index (χ2v) is 10.9. The lowest BCUT2D eigenvalue weighted by atomic mass is 9.79. The number of hydrogen-bond acceptors (Lipinski definition) is 5. The summed E-state index contributed by atoms with van der Waals surface area (Å²) in [6, 6.07) is 11.0.